The van der Waals surface area contributed by atoms with Gasteiger partial charge in [0.2, 0.25) is 5.95 Å². The van der Waals surface area contributed by atoms with Gasteiger partial charge in [0, 0.05) is 17.1 Å². The molecule has 2 aromatic heterocycles. The van der Waals surface area contributed by atoms with Crippen molar-refractivity contribution in [3.63, 3.8) is 0 Å². The van der Waals surface area contributed by atoms with Crippen molar-refractivity contribution in [3.05, 3.63) is 30.1 Å². The van der Waals surface area contributed by atoms with Gasteiger partial charge in [0.25, 0.3) is 5.91 Å². The number of benzene rings is 1. The summed E-state index contributed by atoms with van der Waals surface area (Å²) in [6.45, 7) is -2.77. The van der Waals surface area contributed by atoms with Gasteiger partial charge in [-0.25, -0.2) is 4.68 Å². The molecule has 152 valence electrons. The van der Waals surface area contributed by atoms with Crippen molar-refractivity contribution in [2.24, 2.45) is 5.73 Å². The van der Waals surface area contributed by atoms with Crippen molar-refractivity contribution >= 4 is 34.3 Å². The molecule has 1 amide bonds. The third kappa shape index (κ3) is 4.08. The van der Waals surface area contributed by atoms with Gasteiger partial charge in [0.1, 0.15) is 0 Å². The topological polar surface area (TPSA) is 124 Å². The number of halogens is 2. The predicted molar refractivity (Wildman–Crippen MR) is 103 cm³/mol. The Bertz CT molecular complexity index is 1030. The third-order valence-corrected chi connectivity index (χ3v) is 4.90. The molecule has 1 aliphatic carbocycles. The summed E-state index contributed by atoms with van der Waals surface area (Å²) in [5.41, 5.74) is 5.93. The zero-order chi connectivity index (χ0) is 20.4. The van der Waals surface area contributed by atoms with Crippen LogP contribution in [0.1, 0.15) is 49.1 Å². The molecule has 0 unspecified atom stereocenters. The van der Waals surface area contributed by atoms with Gasteiger partial charge in [0.05, 0.1) is 11.7 Å². The Morgan fingerprint density at radius 2 is 2.00 bits per heavy atom. The van der Waals surface area contributed by atoms with Crippen LogP contribution in [0, 0.1) is 0 Å². The van der Waals surface area contributed by atoms with Crippen LogP contribution in [0.5, 0.6) is 0 Å². The summed E-state index contributed by atoms with van der Waals surface area (Å²) in [6.07, 6.45) is 6.86. The Hall–Kier alpha value is -3.37. The summed E-state index contributed by atoms with van der Waals surface area (Å²) in [6, 6.07) is 5.05. The van der Waals surface area contributed by atoms with Crippen LogP contribution in [-0.2, 0) is 0 Å². The van der Waals surface area contributed by atoms with E-state index in [2.05, 4.69) is 30.9 Å². The van der Waals surface area contributed by atoms with Gasteiger partial charge in [0.15, 0.2) is 11.5 Å². The lowest BCUT2D eigenvalue weighted by atomic mass is 9.96. The number of carbonyl (C=O) groups is 1. The van der Waals surface area contributed by atoms with Crippen molar-refractivity contribution in [1.82, 2.24) is 25.0 Å². The minimum Gasteiger partial charge on any atom is -0.364 e. The molecule has 0 atom stereocenters. The Balaban J connectivity index is 1.63. The molecule has 1 aromatic carbocycles. The van der Waals surface area contributed by atoms with E-state index in [1.165, 1.54) is 18.7 Å². The van der Waals surface area contributed by atoms with Crippen molar-refractivity contribution in [2.75, 3.05) is 10.6 Å². The molecule has 0 radical (unpaired) electrons. The van der Waals surface area contributed by atoms with E-state index in [1.807, 2.05) is 0 Å². The maximum absolute atomic E-state index is 13.1. The highest BCUT2D eigenvalue weighted by molar-refractivity contribution is 5.96. The van der Waals surface area contributed by atoms with Crippen molar-refractivity contribution in [2.45, 2.75) is 44.7 Å². The Morgan fingerprint density at radius 1 is 1.21 bits per heavy atom. The molecule has 0 bridgehead atoms. The summed E-state index contributed by atoms with van der Waals surface area (Å²) in [7, 11) is 0. The lowest BCUT2D eigenvalue weighted by Gasteiger charge is -2.22. The van der Waals surface area contributed by atoms with Crippen LogP contribution in [0.4, 0.5) is 26.2 Å². The summed E-state index contributed by atoms with van der Waals surface area (Å²) in [4.78, 5) is 16.1. The van der Waals surface area contributed by atoms with Crippen molar-refractivity contribution < 1.29 is 13.6 Å². The van der Waals surface area contributed by atoms with Crippen LogP contribution in [0.15, 0.2) is 24.4 Å². The van der Waals surface area contributed by atoms with E-state index in [4.69, 9.17) is 5.73 Å². The fraction of sp³-hybridized carbons (Fsp3) is 0.389. The molecule has 1 fully saturated rings. The molecule has 2 heterocycles. The first-order valence-electron chi connectivity index (χ1n) is 9.35. The Morgan fingerprint density at radius 3 is 2.72 bits per heavy atom. The van der Waals surface area contributed by atoms with E-state index in [0.29, 0.717) is 15.8 Å². The molecule has 11 heteroatoms. The number of alkyl halides is 2. The van der Waals surface area contributed by atoms with Gasteiger partial charge >= 0.3 is 6.55 Å². The first kappa shape index (κ1) is 19.0. The van der Waals surface area contributed by atoms with E-state index < -0.39 is 12.5 Å². The third-order valence-electron chi connectivity index (χ3n) is 4.90. The number of primary amides is 1. The zero-order valence-electron chi connectivity index (χ0n) is 15.5. The molecule has 1 aliphatic rings. The number of anilines is 3. The second-order valence-electron chi connectivity index (χ2n) is 6.94. The minimum atomic E-state index is -2.77. The maximum Gasteiger partial charge on any atom is 0.333 e. The number of nitrogens with zero attached hydrogens (tertiary/aromatic N) is 5. The first-order valence-corrected chi connectivity index (χ1v) is 9.35. The average molecular weight is 402 g/mol. The molecule has 4 N–H and O–H groups in total. The molecule has 3 aromatic rings. The maximum atomic E-state index is 13.1. The van der Waals surface area contributed by atoms with E-state index in [-0.39, 0.29) is 29.0 Å². The van der Waals surface area contributed by atoms with Gasteiger partial charge in [-0.1, -0.05) is 19.3 Å². The van der Waals surface area contributed by atoms with Gasteiger partial charge in [-0.3, -0.25) is 4.79 Å². The van der Waals surface area contributed by atoms with Crippen LogP contribution < -0.4 is 16.4 Å². The van der Waals surface area contributed by atoms with Crippen LogP contribution in [-0.4, -0.2) is 36.9 Å². The van der Waals surface area contributed by atoms with Crippen molar-refractivity contribution in [3.8, 4) is 0 Å². The second kappa shape index (κ2) is 7.94. The summed E-state index contributed by atoms with van der Waals surface area (Å²) >= 11 is 0. The quantitative estimate of drug-likeness (QED) is 0.578. The SMILES string of the molecule is NC(=O)c1nnc(NC2CCCCC2)nc1Nc1ccc2cnn(C(F)F)c2c1. The number of fused-ring (bicyclic) bond motifs is 1. The number of aromatic nitrogens is 5. The predicted octanol–water partition coefficient (Wildman–Crippen LogP) is 3.20. The molecule has 0 spiro atoms. The molecule has 4 rings (SSSR count). The zero-order valence-corrected chi connectivity index (χ0v) is 15.5. The number of rotatable bonds is 6. The largest absolute Gasteiger partial charge is 0.364 e. The fourth-order valence-electron chi connectivity index (χ4n) is 3.48. The second-order valence-corrected chi connectivity index (χ2v) is 6.94. The number of nitrogens with one attached hydrogen (secondary N) is 2. The molecule has 0 saturated heterocycles. The molecular weight excluding hydrogens is 382 g/mol. The fourth-order valence-corrected chi connectivity index (χ4v) is 3.48. The van der Waals surface area contributed by atoms with E-state index in [9.17, 15) is 13.6 Å². The highest BCUT2D eigenvalue weighted by atomic mass is 19.3. The smallest absolute Gasteiger partial charge is 0.333 e. The highest BCUT2D eigenvalue weighted by Crippen LogP contribution is 2.26. The molecule has 1 saturated carbocycles. The van der Waals surface area contributed by atoms with E-state index in [1.54, 1.807) is 12.1 Å². The summed E-state index contributed by atoms with van der Waals surface area (Å²) < 4.78 is 26.8. The molecule has 29 heavy (non-hydrogen) atoms. The van der Waals surface area contributed by atoms with Crippen LogP contribution >= 0.6 is 0 Å². The molecular formula is C18H20F2N8O. The number of hydrogen-bond donors (Lipinski definition) is 3. The van der Waals surface area contributed by atoms with E-state index >= 15 is 0 Å². The first-order chi connectivity index (χ1) is 14.0. The van der Waals surface area contributed by atoms with Crippen LogP contribution in [0.2, 0.25) is 0 Å². The molecule has 9 nitrogen and oxygen atoms in total. The van der Waals surface area contributed by atoms with Gasteiger partial charge < -0.3 is 16.4 Å². The standard InChI is InChI=1S/C18H20F2N8O/c19-17(20)28-13-8-12(7-6-10(13)9-22-28)23-16-14(15(21)29)26-27-18(25-16)24-11-4-2-1-3-5-11/h6-9,11,17H,1-5H2,(H2,21,29)(H2,23,24,25,27). The number of amides is 1. The van der Waals surface area contributed by atoms with Crippen LogP contribution in [0.25, 0.3) is 10.9 Å². The normalized spacial score (nSPS) is 15.0. The number of nitrogens with two attached hydrogens (primary N) is 1. The lowest BCUT2D eigenvalue weighted by Crippen LogP contribution is -2.25. The summed E-state index contributed by atoms with van der Waals surface area (Å²) in [5.74, 6) is -0.410. The Kier molecular flexibility index (Phi) is 5.19. The van der Waals surface area contributed by atoms with Crippen molar-refractivity contribution in [1.29, 1.82) is 0 Å². The summed E-state index contributed by atoms with van der Waals surface area (Å²) in [5, 5.41) is 18.3. The monoisotopic (exact) mass is 402 g/mol. The highest BCUT2D eigenvalue weighted by Gasteiger charge is 2.19. The lowest BCUT2D eigenvalue weighted by molar-refractivity contribution is 0.0615. The molecule has 0 aliphatic heterocycles. The van der Waals surface area contributed by atoms with Gasteiger partial charge in [-0.2, -0.15) is 18.9 Å². The average Bonchev–Trinajstić information content (AvgIpc) is 3.12. The minimum absolute atomic E-state index is 0.105. The van der Waals surface area contributed by atoms with Crippen LogP contribution in [0.3, 0.4) is 0 Å². The van der Waals surface area contributed by atoms with E-state index in [0.717, 1.165) is 25.7 Å². The van der Waals surface area contributed by atoms with Gasteiger partial charge in [-0.15, -0.1) is 10.2 Å². The number of carbonyl (C=O) groups excluding carboxylic acids is 1. The number of hydrogen-bond acceptors (Lipinski definition) is 7. The van der Waals surface area contributed by atoms with Gasteiger partial charge in [-0.05, 0) is 31.0 Å². The Labute approximate surface area is 164 Å².